The Kier molecular flexibility index (Phi) is 5.70. The predicted octanol–water partition coefficient (Wildman–Crippen LogP) is 4.69. The van der Waals surface area contributed by atoms with Crippen molar-refractivity contribution in [3.8, 4) is 16.9 Å². The van der Waals surface area contributed by atoms with Gasteiger partial charge in [0.15, 0.2) is 0 Å². The Hall–Kier alpha value is -3.35. The molecule has 2 amide bonds. The molecule has 1 saturated heterocycles. The fraction of sp³-hybridized carbons (Fsp3) is 0.304. The number of amides is 2. The summed E-state index contributed by atoms with van der Waals surface area (Å²) in [6.07, 6.45) is 3.21. The van der Waals surface area contributed by atoms with Crippen molar-refractivity contribution in [2.75, 3.05) is 24.6 Å². The highest BCUT2D eigenvalue weighted by atomic mass is 19.1. The van der Waals surface area contributed by atoms with Crippen molar-refractivity contribution in [3.63, 3.8) is 0 Å². The molecule has 0 saturated carbocycles. The molecule has 1 aliphatic rings. The second-order valence-electron chi connectivity index (χ2n) is 7.86. The van der Waals surface area contributed by atoms with E-state index in [2.05, 4.69) is 24.0 Å². The van der Waals surface area contributed by atoms with Gasteiger partial charge in [0.05, 0.1) is 12.8 Å². The minimum Gasteiger partial charge on any atom is -0.493 e. The van der Waals surface area contributed by atoms with Crippen molar-refractivity contribution in [2.24, 2.45) is 5.92 Å². The average Bonchev–Trinajstić information content (AvgIpc) is 3.37. The number of hydrogen-bond donors (Lipinski definition) is 1. The molecule has 156 valence electrons. The van der Waals surface area contributed by atoms with Crippen molar-refractivity contribution in [1.29, 1.82) is 0 Å². The lowest BCUT2D eigenvalue weighted by atomic mass is 10.1. The molecule has 3 aromatic rings. The van der Waals surface area contributed by atoms with E-state index in [1.165, 1.54) is 6.07 Å². The maximum atomic E-state index is 14.6. The van der Waals surface area contributed by atoms with E-state index in [-0.39, 0.29) is 11.8 Å². The molecule has 0 radical (unpaired) electrons. The van der Waals surface area contributed by atoms with Crippen LogP contribution in [0.15, 0.2) is 54.9 Å². The molecule has 1 aliphatic heterocycles. The Morgan fingerprint density at radius 2 is 2.07 bits per heavy atom. The van der Waals surface area contributed by atoms with Crippen LogP contribution < -0.4 is 9.64 Å². The third kappa shape index (κ3) is 4.30. The largest absolute Gasteiger partial charge is 0.493 e. The number of benzene rings is 2. The van der Waals surface area contributed by atoms with Crippen LogP contribution in [-0.2, 0) is 6.54 Å². The third-order valence-electron chi connectivity index (χ3n) is 5.02. The van der Waals surface area contributed by atoms with Crippen molar-refractivity contribution in [2.45, 2.75) is 20.4 Å². The molecule has 0 unspecified atom stereocenters. The lowest BCUT2D eigenvalue weighted by Gasteiger charge is -2.19. The van der Waals surface area contributed by atoms with Gasteiger partial charge in [-0.1, -0.05) is 26.0 Å². The second-order valence-corrected chi connectivity index (χ2v) is 7.86. The Labute approximate surface area is 175 Å². The number of aromatic nitrogens is 2. The van der Waals surface area contributed by atoms with E-state index in [1.807, 2.05) is 24.3 Å². The molecule has 0 spiro atoms. The Morgan fingerprint density at radius 1 is 1.20 bits per heavy atom. The summed E-state index contributed by atoms with van der Waals surface area (Å²) in [4.78, 5) is 16.3. The van der Waals surface area contributed by atoms with Gasteiger partial charge in [0.2, 0.25) is 0 Å². The first-order valence-corrected chi connectivity index (χ1v) is 10.1. The van der Waals surface area contributed by atoms with Crippen LogP contribution in [0.3, 0.4) is 0 Å². The molecule has 4 rings (SSSR count). The summed E-state index contributed by atoms with van der Waals surface area (Å²) in [7, 11) is 0. The Bertz CT molecular complexity index is 1020. The van der Waals surface area contributed by atoms with Gasteiger partial charge in [-0.05, 0) is 41.8 Å². The number of halogens is 1. The van der Waals surface area contributed by atoms with Crippen LogP contribution in [0.25, 0.3) is 11.1 Å². The zero-order valence-corrected chi connectivity index (χ0v) is 17.1. The lowest BCUT2D eigenvalue weighted by molar-refractivity contribution is 0.218. The van der Waals surface area contributed by atoms with E-state index in [0.717, 1.165) is 11.3 Å². The van der Waals surface area contributed by atoms with Gasteiger partial charge in [-0.15, -0.1) is 0 Å². The standard InChI is InChI=1S/C23H25FN4O2/c1-16(2)15-30-20-5-3-4-17(10-20)14-27-8-9-28(23(27)29)19-6-7-21(22(24)11-19)18-12-25-26-13-18/h3-7,10-13,16H,8-9,14-15H2,1-2H3,(H,25,26). The average molecular weight is 408 g/mol. The van der Waals surface area contributed by atoms with Crippen LogP contribution in [0.5, 0.6) is 5.75 Å². The van der Waals surface area contributed by atoms with Crippen LogP contribution in [0.2, 0.25) is 0 Å². The van der Waals surface area contributed by atoms with Crippen LogP contribution in [0.4, 0.5) is 14.9 Å². The molecule has 6 nitrogen and oxygen atoms in total. The highest BCUT2D eigenvalue weighted by Crippen LogP contribution is 2.28. The number of nitrogens with zero attached hydrogens (tertiary/aromatic N) is 3. The Balaban J connectivity index is 1.44. The van der Waals surface area contributed by atoms with Crippen LogP contribution in [0, 0.1) is 11.7 Å². The van der Waals surface area contributed by atoms with E-state index >= 15 is 0 Å². The summed E-state index contributed by atoms with van der Waals surface area (Å²) in [5.74, 6) is 0.874. The molecule has 2 aromatic carbocycles. The number of rotatable bonds is 7. The summed E-state index contributed by atoms with van der Waals surface area (Å²) in [5, 5.41) is 6.54. The van der Waals surface area contributed by atoms with Gasteiger partial charge < -0.3 is 9.64 Å². The zero-order valence-electron chi connectivity index (χ0n) is 17.1. The molecule has 2 heterocycles. The summed E-state index contributed by atoms with van der Waals surface area (Å²) >= 11 is 0. The van der Waals surface area contributed by atoms with Gasteiger partial charge in [-0.3, -0.25) is 10.00 Å². The maximum absolute atomic E-state index is 14.6. The van der Waals surface area contributed by atoms with Crippen LogP contribution in [-0.4, -0.2) is 40.8 Å². The van der Waals surface area contributed by atoms with Crippen molar-refractivity contribution < 1.29 is 13.9 Å². The van der Waals surface area contributed by atoms with Crippen LogP contribution >= 0.6 is 0 Å². The van der Waals surface area contributed by atoms with Gasteiger partial charge in [0, 0.05) is 42.6 Å². The fourth-order valence-electron chi connectivity index (χ4n) is 3.49. The molecule has 1 fully saturated rings. The van der Waals surface area contributed by atoms with Gasteiger partial charge in [-0.25, -0.2) is 9.18 Å². The fourth-order valence-corrected chi connectivity index (χ4v) is 3.49. The topological polar surface area (TPSA) is 61.5 Å². The molecule has 0 aliphatic carbocycles. The zero-order chi connectivity index (χ0) is 21.1. The molecule has 0 bridgehead atoms. The minimum atomic E-state index is -0.379. The Morgan fingerprint density at radius 3 is 2.80 bits per heavy atom. The van der Waals surface area contributed by atoms with E-state index < -0.39 is 0 Å². The number of hydrogen-bond acceptors (Lipinski definition) is 3. The van der Waals surface area contributed by atoms with E-state index in [4.69, 9.17) is 4.74 Å². The highest BCUT2D eigenvalue weighted by Gasteiger charge is 2.30. The second kappa shape index (κ2) is 8.57. The monoisotopic (exact) mass is 408 g/mol. The third-order valence-corrected chi connectivity index (χ3v) is 5.02. The quantitative estimate of drug-likeness (QED) is 0.617. The van der Waals surface area contributed by atoms with Crippen LogP contribution in [0.1, 0.15) is 19.4 Å². The van der Waals surface area contributed by atoms with E-state index in [0.29, 0.717) is 49.0 Å². The van der Waals surface area contributed by atoms with E-state index in [9.17, 15) is 9.18 Å². The summed E-state index contributed by atoms with van der Waals surface area (Å²) < 4.78 is 20.4. The minimum absolute atomic E-state index is 0.126. The molecular weight excluding hydrogens is 383 g/mol. The first-order chi connectivity index (χ1) is 14.5. The number of nitrogens with one attached hydrogen (secondary N) is 1. The van der Waals surface area contributed by atoms with Gasteiger partial charge in [0.25, 0.3) is 0 Å². The molecule has 1 N–H and O–H groups in total. The SMILES string of the molecule is CC(C)COc1cccc(CN2CCN(c3ccc(-c4cn[nH]c4)c(F)c3)C2=O)c1. The summed E-state index contributed by atoms with van der Waals surface area (Å²) in [6, 6.07) is 12.5. The van der Waals surface area contributed by atoms with Crippen molar-refractivity contribution in [3.05, 3.63) is 66.2 Å². The summed E-state index contributed by atoms with van der Waals surface area (Å²) in [5.41, 5.74) is 2.69. The molecule has 0 atom stereocenters. The smallest absolute Gasteiger partial charge is 0.324 e. The first-order valence-electron chi connectivity index (χ1n) is 10.1. The van der Waals surface area contributed by atoms with Crippen molar-refractivity contribution >= 4 is 11.7 Å². The summed E-state index contributed by atoms with van der Waals surface area (Å²) in [6.45, 7) is 6.45. The highest BCUT2D eigenvalue weighted by molar-refractivity contribution is 5.94. The maximum Gasteiger partial charge on any atom is 0.324 e. The normalized spacial score (nSPS) is 14.1. The number of ether oxygens (including phenoxy) is 1. The number of urea groups is 1. The first kappa shape index (κ1) is 19.9. The number of anilines is 1. The van der Waals surface area contributed by atoms with Gasteiger partial charge in [0.1, 0.15) is 11.6 Å². The molecule has 30 heavy (non-hydrogen) atoms. The lowest BCUT2D eigenvalue weighted by Crippen LogP contribution is -2.31. The number of H-pyrrole nitrogens is 1. The van der Waals surface area contributed by atoms with Gasteiger partial charge in [-0.2, -0.15) is 5.10 Å². The predicted molar refractivity (Wildman–Crippen MR) is 114 cm³/mol. The van der Waals surface area contributed by atoms with Gasteiger partial charge >= 0.3 is 6.03 Å². The molecule has 7 heteroatoms. The number of carbonyl (C=O) groups is 1. The van der Waals surface area contributed by atoms with Crippen molar-refractivity contribution in [1.82, 2.24) is 15.1 Å². The number of aromatic amines is 1. The molecule has 1 aromatic heterocycles. The van der Waals surface area contributed by atoms with E-state index in [1.54, 1.807) is 34.3 Å². The molecular formula is C23H25FN4O2. The number of carbonyl (C=O) groups excluding carboxylic acids is 1.